The van der Waals surface area contributed by atoms with E-state index in [9.17, 15) is 14.0 Å². The number of amides is 2. The Morgan fingerprint density at radius 3 is 2.68 bits per heavy atom. The number of carbonyl (C=O) groups is 2. The van der Waals surface area contributed by atoms with E-state index < -0.39 is 0 Å². The Kier molecular flexibility index (Phi) is 6.55. The molecule has 0 fully saturated rings. The molecular weight excluding hydrogens is 323 g/mol. The predicted molar refractivity (Wildman–Crippen MR) is 91.3 cm³/mol. The summed E-state index contributed by atoms with van der Waals surface area (Å²) in [5.41, 5.74) is 1.14. The van der Waals surface area contributed by atoms with Crippen LogP contribution in [0.25, 0.3) is 0 Å². The van der Waals surface area contributed by atoms with Gasteiger partial charge in [0.05, 0.1) is 13.1 Å². The SMILES string of the molecule is C#CCNC(=O)CNC(=O)c1cccc(COc2cccc(F)c2)c1. The molecule has 0 saturated carbocycles. The maximum absolute atomic E-state index is 13.1. The summed E-state index contributed by atoms with van der Waals surface area (Å²) in [6, 6.07) is 12.6. The molecule has 5 nitrogen and oxygen atoms in total. The summed E-state index contributed by atoms with van der Waals surface area (Å²) >= 11 is 0. The second kappa shape index (κ2) is 9.08. The first-order valence-corrected chi connectivity index (χ1v) is 7.54. The van der Waals surface area contributed by atoms with Crippen molar-refractivity contribution in [1.82, 2.24) is 10.6 Å². The first-order valence-electron chi connectivity index (χ1n) is 7.54. The first kappa shape index (κ1) is 18.0. The fourth-order valence-electron chi connectivity index (χ4n) is 2.00. The van der Waals surface area contributed by atoms with Gasteiger partial charge in [-0.25, -0.2) is 4.39 Å². The summed E-state index contributed by atoms with van der Waals surface area (Å²) in [7, 11) is 0. The van der Waals surface area contributed by atoms with Crippen LogP contribution in [0.4, 0.5) is 4.39 Å². The van der Waals surface area contributed by atoms with Crippen LogP contribution in [0.2, 0.25) is 0 Å². The van der Waals surface area contributed by atoms with Gasteiger partial charge in [0.2, 0.25) is 5.91 Å². The van der Waals surface area contributed by atoms with Gasteiger partial charge in [0.1, 0.15) is 18.2 Å². The Labute approximate surface area is 145 Å². The van der Waals surface area contributed by atoms with Gasteiger partial charge in [-0.2, -0.15) is 0 Å². The molecule has 0 unspecified atom stereocenters. The van der Waals surface area contributed by atoms with E-state index >= 15 is 0 Å². The van der Waals surface area contributed by atoms with Gasteiger partial charge < -0.3 is 15.4 Å². The molecule has 0 atom stereocenters. The highest BCUT2D eigenvalue weighted by molar-refractivity contribution is 5.96. The quantitative estimate of drug-likeness (QED) is 0.757. The number of hydrogen-bond donors (Lipinski definition) is 2. The molecule has 128 valence electrons. The van der Waals surface area contributed by atoms with Gasteiger partial charge in [-0.15, -0.1) is 6.42 Å². The van der Waals surface area contributed by atoms with Gasteiger partial charge in [0.15, 0.2) is 0 Å². The van der Waals surface area contributed by atoms with Gasteiger partial charge >= 0.3 is 0 Å². The lowest BCUT2D eigenvalue weighted by atomic mass is 10.1. The fourth-order valence-corrected chi connectivity index (χ4v) is 2.00. The molecule has 25 heavy (non-hydrogen) atoms. The monoisotopic (exact) mass is 340 g/mol. The lowest BCUT2D eigenvalue weighted by Crippen LogP contribution is -2.37. The van der Waals surface area contributed by atoms with Gasteiger partial charge in [-0.05, 0) is 29.8 Å². The maximum atomic E-state index is 13.1. The maximum Gasteiger partial charge on any atom is 0.251 e. The smallest absolute Gasteiger partial charge is 0.251 e. The molecule has 0 aromatic heterocycles. The van der Waals surface area contributed by atoms with Crippen molar-refractivity contribution in [3.8, 4) is 18.1 Å². The van der Waals surface area contributed by atoms with Crippen molar-refractivity contribution in [3.63, 3.8) is 0 Å². The van der Waals surface area contributed by atoms with Gasteiger partial charge in [-0.1, -0.05) is 24.1 Å². The van der Waals surface area contributed by atoms with Crippen LogP contribution >= 0.6 is 0 Å². The zero-order valence-corrected chi connectivity index (χ0v) is 13.4. The van der Waals surface area contributed by atoms with E-state index in [2.05, 4.69) is 16.6 Å². The van der Waals surface area contributed by atoms with E-state index in [0.29, 0.717) is 11.3 Å². The van der Waals surface area contributed by atoms with E-state index in [1.54, 1.807) is 36.4 Å². The first-order chi connectivity index (χ1) is 12.1. The molecule has 2 aromatic carbocycles. The third kappa shape index (κ3) is 5.99. The van der Waals surface area contributed by atoms with Gasteiger partial charge in [0, 0.05) is 11.6 Å². The van der Waals surface area contributed by atoms with Crippen LogP contribution in [0.5, 0.6) is 5.75 Å². The summed E-state index contributed by atoms with van der Waals surface area (Å²) in [5, 5.41) is 4.96. The van der Waals surface area contributed by atoms with Crippen molar-refractivity contribution >= 4 is 11.8 Å². The van der Waals surface area contributed by atoms with Crippen LogP contribution in [0.15, 0.2) is 48.5 Å². The number of nitrogens with one attached hydrogen (secondary N) is 2. The molecular formula is C19H17FN2O3. The molecule has 0 spiro atoms. The van der Waals surface area contributed by atoms with Crippen molar-refractivity contribution < 1.29 is 18.7 Å². The summed E-state index contributed by atoms with van der Waals surface area (Å²) < 4.78 is 18.6. The van der Waals surface area contributed by atoms with Gasteiger partial charge in [0.25, 0.3) is 5.91 Å². The van der Waals surface area contributed by atoms with E-state index in [4.69, 9.17) is 11.2 Å². The Balaban J connectivity index is 1.90. The number of ether oxygens (including phenoxy) is 1. The number of terminal acetylenes is 1. The molecule has 0 heterocycles. The molecule has 0 aliphatic carbocycles. The zero-order valence-electron chi connectivity index (χ0n) is 13.4. The predicted octanol–water partition coefficient (Wildman–Crippen LogP) is 1.88. The van der Waals surface area contributed by atoms with Crippen LogP contribution in [-0.2, 0) is 11.4 Å². The number of hydrogen-bond acceptors (Lipinski definition) is 3. The highest BCUT2D eigenvalue weighted by atomic mass is 19.1. The molecule has 2 N–H and O–H groups in total. The van der Waals surface area contributed by atoms with Crippen molar-refractivity contribution in [2.24, 2.45) is 0 Å². The molecule has 0 aliphatic rings. The number of carbonyl (C=O) groups excluding carboxylic acids is 2. The van der Waals surface area contributed by atoms with E-state index in [0.717, 1.165) is 5.56 Å². The Morgan fingerprint density at radius 1 is 1.12 bits per heavy atom. The summed E-state index contributed by atoms with van der Waals surface area (Å²) in [5.74, 6) is 1.55. The fraction of sp³-hybridized carbons (Fsp3) is 0.158. The van der Waals surface area contributed by atoms with E-state index in [-0.39, 0.29) is 37.3 Å². The highest BCUT2D eigenvalue weighted by Gasteiger charge is 2.08. The molecule has 0 saturated heterocycles. The molecule has 0 bridgehead atoms. The minimum absolute atomic E-state index is 0.113. The lowest BCUT2D eigenvalue weighted by Gasteiger charge is -2.09. The molecule has 0 aliphatic heterocycles. The summed E-state index contributed by atoms with van der Waals surface area (Å²) in [6.45, 7) is 0.138. The number of halogens is 1. The van der Waals surface area contributed by atoms with E-state index in [1.807, 2.05) is 0 Å². The Hall–Kier alpha value is -3.33. The minimum Gasteiger partial charge on any atom is -0.489 e. The molecule has 2 aromatic rings. The minimum atomic E-state index is -0.386. The third-order valence-electron chi connectivity index (χ3n) is 3.19. The molecule has 0 radical (unpaired) electrons. The van der Waals surface area contributed by atoms with Crippen LogP contribution in [0.3, 0.4) is 0 Å². The second-order valence-corrected chi connectivity index (χ2v) is 5.11. The van der Waals surface area contributed by atoms with Crippen molar-refractivity contribution in [2.75, 3.05) is 13.1 Å². The molecule has 6 heteroatoms. The standard InChI is InChI=1S/C19H17FN2O3/c1-2-9-21-18(23)12-22-19(24)15-6-3-5-14(10-15)13-25-17-8-4-7-16(20)11-17/h1,3-8,10-11H,9,12-13H2,(H,21,23)(H,22,24). The number of rotatable bonds is 7. The lowest BCUT2D eigenvalue weighted by molar-refractivity contribution is -0.119. The van der Waals surface area contributed by atoms with Crippen molar-refractivity contribution in [3.05, 3.63) is 65.5 Å². The van der Waals surface area contributed by atoms with Crippen LogP contribution in [0.1, 0.15) is 15.9 Å². The summed E-state index contributed by atoms with van der Waals surface area (Å²) in [4.78, 5) is 23.5. The van der Waals surface area contributed by atoms with Crippen molar-refractivity contribution in [1.29, 1.82) is 0 Å². The molecule has 2 amide bonds. The molecule has 2 rings (SSSR count). The average molecular weight is 340 g/mol. The Morgan fingerprint density at radius 2 is 1.92 bits per heavy atom. The van der Waals surface area contributed by atoms with Crippen LogP contribution in [-0.4, -0.2) is 24.9 Å². The largest absolute Gasteiger partial charge is 0.489 e. The van der Waals surface area contributed by atoms with Crippen LogP contribution < -0.4 is 15.4 Å². The Bertz CT molecular complexity index is 799. The topological polar surface area (TPSA) is 67.4 Å². The normalized spacial score (nSPS) is 9.76. The third-order valence-corrected chi connectivity index (χ3v) is 3.19. The average Bonchev–Trinajstić information content (AvgIpc) is 2.63. The zero-order chi connectivity index (χ0) is 18.1. The summed E-state index contributed by atoms with van der Waals surface area (Å²) in [6.07, 6.45) is 5.03. The second-order valence-electron chi connectivity index (χ2n) is 5.11. The van der Waals surface area contributed by atoms with Crippen LogP contribution in [0, 0.1) is 18.2 Å². The van der Waals surface area contributed by atoms with Gasteiger partial charge in [-0.3, -0.25) is 9.59 Å². The van der Waals surface area contributed by atoms with E-state index in [1.165, 1.54) is 12.1 Å². The highest BCUT2D eigenvalue weighted by Crippen LogP contribution is 2.14. The van der Waals surface area contributed by atoms with Crippen molar-refractivity contribution in [2.45, 2.75) is 6.61 Å². The number of benzene rings is 2.